The van der Waals surface area contributed by atoms with E-state index in [1.54, 1.807) is 37.3 Å². The van der Waals surface area contributed by atoms with Gasteiger partial charge in [0.15, 0.2) is 16.6 Å². The van der Waals surface area contributed by atoms with Crippen LogP contribution in [0, 0.1) is 10.1 Å². The molecule has 8 nitrogen and oxygen atoms in total. The molecular weight excluding hydrogens is 418 g/mol. The van der Waals surface area contributed by atoms with E-state index < -0.39 is 11.0 Å². The average Bonchev–Trinajstić information content (AvgIpc) is 2.76. The average molecular weight is 442 g/mol. The number of nitro groups is 1. The molecule has 1 aliphatic rings. The van der Waals surface area contributed by atoms with Gasteiger partial charge in [-0.3, -0.25) is 14.9 Å². The molecule has 1 heterocycles. The minimum atomic E-state index is -0.700. The fourth-order valence-electron chi connectivity index (χ4n) is 3.40. The summed E-state index contributed by atoms with van der Waals surface area (Å²) in [7, 11) is 1.42. The highest BCUT2D eigenvalue weighted by Gasteiger charge is 2.33. The third-order valence-electron chi connectivity index (χ3n) is 4.81. The standard InChI is InChI=1S/C22H23N3O5S/c1-4-10-30-21-16(25(27)28)11-15(12-17(21)29-3)19-18(13(2)23-22(31)24-19)20(26)14-8-6-5-7-9-14/h5-9,11-12,19H,4,10H2,1-3H3,(H2,23,24,31). The number of nitro benzene ring substituents is 1. The molecule has 0 amide bonds. The van der Waals surface area contributed by atoms with Crippen LogP contribution in [0.25, 0.3) is 0 Å². The molecule has 0 aromatic heterocycles. The van der Waals surface area contributed by atoms with Gasteiger partial charge in [0.2, 0.25) is 5.75 Å². The SMILES string of the molecule is CCCOc1c(OC)cc(C2NC(=S)NC(C)=C2C(=O)c2ccccc2)cc1[N+](=O)[O-]. The lowest BCUT2D eigenvalue weighted by Gasteiger charge is -2.30. The van der Waals surface area contributed by atoms with Crippen molar-refractivity contribution in [2.45, 2.75) is 26.3 Å². The number of allylic oxidation sites excluding steroid dienone is 1. The lowest BCUT2D eigenvalue weighted by molar-refractivity contribution is -0.386. The smallest absolute Gasteiger partial charge is 0.315 e. The summed E-state index contributed by atoms with van der Waals surface area (Å²) < 4.78 is 11.0. The third-order valence-corrected chi connectivity index (χ3v) is 5.03. The molecule has 0 fully saturated rings. The van der Waals surface area contributed by atoms with Crippen molar-refractivity contribution in [3.05, 3.63) is 75.0 Å². The van der Waals surface area contributed by atoms with Crippen LogP contribution < -0.4 is 20.1 Å². The highest BCUT2D eigenvalue weighted by Crippen LogP contribution is 2.42. The molecule has 0 spiro atoms. The maximum absolute atomic E-state index is 13.3. The van der Waals surface area contributed by atoms with Gasteiger partial charge in [-0.25, -0.2) is 0 Å². The van der Waals surface area contributed by atoms with Crippen molar-refractivity contribution in [2.24, 2.45) is 0 Å². The molecule has 1 atom stereocenters. The molecule has 0 saturated heterocycles. The number of methoxy groups -OCH3 is 1. The largest absolute Gasteiger partial charge is 0.493 e. The zero-order valence-corrected chi connectivity index (χ0v) is 18.2. The number of carbonyl (C=O) groups is 1. The van der Waals surface area contributed by atoms with Crippen molar-refractivity contribution in [3.8, 4) is 11.5 Å². The van der Waals surface area contributed by atoms with E-state index in [1.807, 2.05) is 13.0 Å². The number of rotatable bonds is 8. The Morgan fingerprint density at radius 2 is 1.97 bits per heavy atom. The van der Waals surface area contributed by atoms with E-state index in [1.165, 1.54) is 13.2 Å². The summed E-state index contributed by atoms with van der Waals surface area (Å²) in [6.45, 7) is 3.96. The van der Waals surface area contributed by atoms with Crippen molar-refractivity contribution in [1.82, 2.24) is 10.6 Å². The third kappa shape index (κ3) is 4.66. The summed E-state index contributed by atoms with van der Waals surface area (Å²) in [5, 5.41) is 18.1. The fraction of sp³-hybridized carbons (Fsp3) is 0.273. The fourth-order valence-corrected chi connectivity index (χ4v) is 3.67. The molecule has 31 heavy (non-hydrogen) atoms. The van der Waals surface area contributed by atoms with Crippen LogP contribution in [-0.2, 0) is 0 Å². The van der Waals surface area contributed by atoms with Crippen molar-refractivity contribution in [2.75, 3.05) is 13.7 Å². The Hall–Kier alpha value is -3.46. The minimum Gasteiger partial charge on any atom is -0.493 e. The normalized spacial score (nSPS) is 15.7. The summed E-state index contributed by atoms with van der Waals surface area (Å²) in [6.07, 6.45) is 0.684. The van der Waals surface area contributed by atoms with Gasteiger partial charge in [0.05, 0.1) is 24.7 Å². The van der Waals surface area contributed by atoms with Gasteiger partial charge in [-0.05, 0) is 37.2 Å². The molecule has 1 aliphatic heterocycles. The lowest BCUT2D eigenvalue weighted by atomic mass is 9.89. The Morgan fingerprint density at radius 1 is 1.26 bits per heavy atom. The molecule has 0 radical (unpaired) electrons. The van der Waals surface area contributed by atoms with E-state index in [0.29, 0.717) is 40.5 Å². The molecule has 162 valence electrons. The molecule has 0 bridgehead atoms. The molecule has 0 aliphatic carbocycles. The number of hydrogen-bond acceptors (Lipinski definition) is 6. The van der Waals surface area contributed by atoms with Crippen LogP contribution >= 0.6 is 12.2 Å². The van der Waals surface area contributed by atoms with E-state index in [2.05, 4.69) is 10.6 Å². The number of hydrogen-bond donors (Lipinski definition) is 2. The maximum atomic E-state index is 13.3. The van der Waals surface area contributed by atoms with Crippen LogP contribution in [0.15, 0.2) is 53.7 Å². The number of carbonyl (C=O) groups excluding carboxylic acids is 1. The topological polar surface area (TPSA) is 103 Å². The molecule has 2 aromatic carbocycles. The molecule has 1 unspecified atom stereocenters. The second kappa shape index (κ2) is 9.57. The maximum Gasteiger partial charge on any atom is 0.315 e. The monoisotopic (exact) mass is 441 g/mol. The van der Waals surface area contributed by atoms with Crippen molar-refractivity contribution in [3.63, 3.8) is 0 Å². The van der Waals surface area contributed by atoms with Gasteiger partial charge < -0.3 is 20.1 Å². The van der Waals surface area contributed by atoms with Crippen LogP contribution in [0.3, 0.4) is 0 Å². The first-order chi connectivity index (χ1) is 14.9. The Kier molecular flexibility index (Phi) is 6.86. The van der Waals surface area contributed by atoms with Gasteiger partial charge in [-0.15, -0.1) is 0 Å². The van der Waals surface area contributed by atoms with Crippen LogP contribution in [0.5, 0.6) is 11.5 Å². The van der Waals surface area contributed by atoms with Crippen LogP contribution in [0.2, 0.25) is 0 Å². The van der Waals surface area contributed by atoms with Crippen LogP contribution in [-0.4, -0.2) is 29.5 Å². The molecule has 9 heteroatoms. The molecular formula is C22H23N3O5S. The lowest BCUT2D eigenvalue weighted by Crippen LogP contribution is -2.44. The quantitative estimate of drug-likeness (QED) is 0.274. The molecule has 2 N–H and O–H groups in total. The van der Waals surface area contributed by atoms with Gasteiger partial charge in [0, 0.05) is 22.9 Å². The van der Waals surface area contributed by atoms with Gasteiger partial charge in [0.25, 0.3) is 0 Å². The summed E-state index contributed by atoms with van der Waals surface area (Å²) in [6, 6.07) is 11.1. The minimum absolute atomic E-state index is 0.0613. The first-order valence-corrected chi connectivity index (χ1v) is 10.1. The number of ether oxygens (including phenoxy) is 2. The first kappa shape index (κ1) is 22.2. The Bertz CT molecular complexity index is 1050. The predicted molar refractivity (Wildman–Crippen MR) is 121 cm³/mol. The number of nitrogens with zero attached hydrogens (tertiary/aromatic N) is 1. The predicted octanol–water partition coefficient (Wildman–Crippen LogP) is 4.07. The second-order valence-electron chi connectivity index (χ2n) is 6.94. The first-order valence-electron chi connectivity index (χ1n) is 9.74. The number of ketones is 1. The molecule has 0 saturated carbocycles. The Balaban J connectivity index is 2.15. The zero-order valence-electron chi connectivity index (χ0n) is 17.4. The van der Waals surface area contributed by atoms with E-state index >= 15 is 0 Å². The van der Waals surface area contributed by atoms with E-state index in [-0.39, 0.29) is 23.0 Å². The number of nitrogens with one attached hydrogen (secondary N) is 2. The summed E-state index contributed by atoms with van der Waals surface area (Å²) in [5.41, 5.74) is 1.73. The van der Waals surface area contributed by atoms with Crippen molar-refractivity contribution >= 4 is 28.8 Å². The second-order valence-corrected chi connectivity index (χ2v) is 7.35. The van der Waals surface area contributed by atoms with E-state index in [4.69, 9.17) is 21.7 Å². The van der Waals surface area contributed by atoms with Gasteiger partial charge in [0.1, 0.15) is 0 Å². The van der Waals surface area contributed by atoms with E-state index in [9.17, 15) is 14.9 Å². The number of thiocarbonyl (C=S) groups is 1. The summed E-state index contributed by atoms with van der Waals surface area (Å²) >= 11 is 5.29. The van der Waals surface area contributed by atoms with Gasteiger partial charge in [-0.1, -0.05) is 37.3 Å². The van der Waals surface area contributed by atoms with Crippen molar-refractivity contribution in [1.29, 1.82) is 0 Å². The molecule has 2 aromatic rings. The number of benzene rings is 2. The van der Waals surface area contributed by atoms with Gasteiger partial charge >= 0.3 is 5.69 Å². The van der Waals surface area contributed by atoms with Crippen LogP contribution in [0.4, 0.5) is 5.69 Å². The zero-order chi connectivity index (χ0) is 22.5. The van der Waals surface area contributed by atoms with E-state index in [0.717, 1.165) is 0 Å². The van der Waals surface area contributed by atoms with Gasteiger partial charge in [-0.2, -0.15) is 0 Å². The Morgan fingerprint density at radius 3 is 2.58 bits per heavy atom. The highest BCUT2D eigenvalue weighted by atomic mass is 32.1. The number of Topliss-reactive ketones (excluding diaryl/α,β-unsaturated/α-hetero) is 1. The Labute approximate surface area is 185 Å². The van der Waals surface area contributed by atoms with Crippen molar-refractivity contribution < 1.29 is 19.2 Å². The summed E-state index contributed by atoms with van der Waals surface area (Å²) in [5.74, 6) is 0.0674. The highest BCUT2D eigenvalue weighted by molar-refractivity contribution is 7.80. The van der Waals surface area contributed by atoms with Crippen LogP contribution in [0.1, 0.15) is 42.2 Å². The molecule has 3 rings (SSSR count). The summed E-state index contributed by atoms with van der Waals surface area (Å²) in [4.78, 5) is 24.6.